The molecule has 134 valence electrons. The summed E-state index contributed by atoms with van der Waals surface area (Å²) in [6.07, 6.45) is 0. The van der Waals surface area contributed by atoms with Crippen molar-refractivity contribution in [2.75, 3.05) is 10.0 Å². The van der Waals surface area contributed by atoms with Gasteiger partial charge in [0.1, 0.15) is 5.82 Å². The number of nitrogens with one attached hydrogen (secondary N) is 2. The van der Waals surface area contributed by atoms with E-state index >= 15 is 0 Å². The minimum absolute atomic E-state index is 0.158. The van der Waals surface area contributed by atoms with Crippen LogP contribution in [0.2, 0.25) is 5.02 Å². The van der Waals surface area contributed by atoms with Gasteiger partial charge in [-0.1, -0.05) is 41.9 Å². The molecule has 0 aliphatic heterocycles. The molecular weight excluding hydrogens is 372 g/mol. The lowest BCUT2D eigenvalue weighted by molar-refractivity contribution is 0.600. The first-order chi connectivity index (χ1) is 12.4. The molecule has 2 N–H and O–H groups in total. The summed E-state index contributed by atoms with van der Waals surface area (Å²) in [5.41, 5.74) is 1.70. The van der Waals surface area contributed by atoms with Gasteiger partial charge in [-0.25, -0.2) is 8.42 Å². The van der Waals surface area contributed by atoms with E-state index in [1.807, 2.05) is 24.3 Å². The zero-order valence-electron chi connectivity index (χ0n) is 14.0. The Kier molecular flexibility index (Phi) is 5.39. The van der Waals surface area contributed by atoms with Crippen molar-refractivity contribution in [1.82, 2.24) is 10.2 Å². The molecule has 0 aliphatic carbocycles. The predicted molar refractivity (Wildman–Crippen MR) is 103 cm³/mol. The summed E-state index contributed by atoms with van der Waals surface area (Å²) in [5.74, 6) is 0.698. The van der Waals surface area contributed by atoms with Gasteiger partial charge >= 0.3 is 0 Å². The number of sulfonamides is 1. The van der Waals surface area contributed by atoms with Crippen molar-refractivity contribution in [3.63, 3.8) is 0 Å². The maximum absolute atomic E-state index is 12.4. The lowest BCUT2D eigenvalue weighted by Crippen LogP contribution is -2.15. The zero-order chi connectivity index (χ0) is 18.6. The molecule has 2 aromatic carbocycles. The van der Waals surface area contributed by atoms with Crippen molar-refractivity contribution in [2.24, 2.45) is 0 Å². The van der Waals surface area contributed by atoms with Crippen LogP contribution in [0.3, 0.4) is 0 Å². The lowest BCUT2D eigenvalue weighted by atomic mass is 10.2. The smallest absolute Gasteiger partial charge is 0.263 e. The van der Waals surface area contributed by atoms with Crippen LogP contribution in [0.5, 0.6) is 0 Å². The minimum atomic E-state index is -3.70. The molecule has 0 spiro atoms. The Bertz CT molecular complexity index is 990. The van der Waals surface area contributed by atoms with Crippen LogP contribution < -0.4 is 10.0 Å². The van der Waals surface area contributed by atoms with Gasteiger partial charge in [0, 0.05) is 11.6 Å². The van der Waals surface area contributed by atoms with E-state index in [1.165, 1.54) is 0 Å². The van der Waals surface area contributed by atoms with Crippen LogP contribution in [-0.4, -0.2) is 18.6 Å². The Labute approximate surface area is 157 Å². The SMILES string of the molecule is Cc1ccccc1S(=O)(=O)Nc1ccc(NCc2ccc(Cl)cc2)nn1. The van der Waals surface area contributed by atoms with Gasteiger partial charge < -0.3 is 5.32 Å². The van der Waals surface area contributed by atoms with Crippen LogP contribution in [0.25, 0.3) is 0 Å². The number of benzene rings is 2. The first kappa shape index (κ1) is 18.2. The third-order valence-corrected chi connectivity index (χ3v) is 5.44. The summed E-state index contributed by atoms with van der Waals surface area (Å²) in [7, 11) is -3.70. The molecular formula is C18H17ClN4O2S. The minimum Gasteiger partial charge on any atom is -0.365 e. The highest BCUT2D eigenvalue weighted by Gasteiger charge is 2.17. The van der Waals surface area contributed by atoms with Gasteiger partial charge in [-0.15, -0.1) is 10.2 Å². The van der Waals surface area contributed by atoms with Gasteiger partial charge in [-0.2, -0.15) is 0 Å². The van der Waals surface area contributed by atoms with Crippen molar-refractivity contribution in [3.05, 3.63) is 76.8 Å². The average Bonchev–Trinajstić information content (AvgIpc) is 2.62. The Morgan fingerprint density at radius 1 is 0.923 bits per heavy atom. The van der Waals surface area contributed by atoms with Crippen LogP contribution in [0.15, 0.2) is 65.6 Å². The van der Waals surface area contributed by atoms with Crippen LogP contribution in [-0.2, 0) is 16.6 Å². The number of aromatic nitrogens is 2. The second kappa shape index (κ2) is 7.72. The second-order valence-corrected chi connectivity index (χ2v) is 7.74. The van der Waals surface area contributed by atoms with Crippen LogP contribution >= 0.6 is 11.6 Å². The molecule has 8 heteroatoms. The van der Waals surface area contributed by atoms with Gasteiger partial charge in [-0.05, 0) is 48.4 Å². The Morgan fingerprint density at radius 3 is 2.23 bits per heavy atom. The Morgan fingerprint density at radius 2 is 1.58 bits per heavy atom. The Hall–Kier alpha value is -2.64. The van der Waals surface area contributed by atoms with Crippen LogP contribution in [0.1, 0.15) is 11.1 Å². The van der Waals surface area contributed by atoms with Crippen LogP contribution in [0, 0.1) is 6.92 Å². The number of nitrogens with zero attached hydrogens (tertiary/aromatic N) is 2. The molecule has 6 nitrogen and oxygen atoms in total. The molecule has 0 saturated heterocycles. The standard InChI is InChI=1S/C18H17ClN4O2S/c1-13-4-2-3-5-16(13)26(24,25)23-18-11-10-17(21-22-18)20-12-14-6-8-15(19)9-7-14/h2-11H,12H2,1H3,(H,20,21)(H,22,23). The molecule has 26 heavy (non-hydrogen) atoms. The van der Waals surface area contributed by atoms with E-state index in [-0.39, 0.29) is 10.7 Å². The average molecular weight is 389 g/mol. The highest BCUT2D eigenvalue weighted by Crippen LogP contribution is 2.18. The molecule has 0 amide bonds. The van der Waals surface area contributed by atoms with Crippen molar-refractivity contribution >= 4 is 33.3 Å². The molecule has 0 unspecified atom stereocenters. The van der Waals surface area contributed by atoms with Gasteiger partial charge in [0.2, 0.25) is 0 Å². The maximum atomic E-state index is 12.4. The molecule has 0 aliphatic rings. The van der Waals surface area contributed by atoms with E-state index in [0.717, 1.165) is 5.56 Å². The molecule has 3 rings (SSSR count). The van der Waals surface area contributed by atoms with Crippen LogP contribution in [0.4, 0.5) is 11.6 Å². The number of halogens is 1. The normalized spacial score (nSPS) is 11.2. The molecule has 0 saturated carbocycles. The number of aryl methyl sites for hydroxylation is 1. The quantitative estimate of drug-likeness (QED) is 0.670. The molecule has 1 aromatic heterocycles. The van der Waals surface area contributed by atoms with Crippen molar-refractivity contribution in [3.8, 4) is 0 Å². The van der Waals surface area contributed by atoms with Gasteiger partial charge in [0.15, 0.2) is 5.82 Å². The fourth-order valence-corrected chi connectivity index (χ4v) is 3.70. The van der Waals surface area contributed by atoms with Crippen molar-refractivity contribution < 1.29 is 8.42 Å². The summed E-state index contributed by atoms with van der Waals surface area (Å²) in [5, 5.41) is 11.7. The molecule has 0 radical (unpaired) electrons. The summed E-state index contributed by atoms with van der Waals surface area (Å²) in [4.78, 5) is 0.215. The molecule has 1 heterocycles. The highest BCUT2D eigenvalue weighted by molar-refractivity contribution is 7.92. The molecule has 0 bridgehead atoms. The maximum Gasteiger partial charge on any atom is 0.263 e. The summed E-state index contributed by atoms with van der Waals surface area (Å²) >= 11 is 5.85. The highest BCUT2D eigenvalue weighted by atomic mass is 35.5. The molecule has 3 aromatic rings. The number of anilines is 2. The summed E-state index contributed by atoms with van der Waals surface area (Å²) in [6, 6.07) is 17.4. The van der Waals surface area contributed by atoms with Gasteiger partial charge in [0.25, 0.3) is 10.0 Å². The van der Waals surface area contributed by atoms with E-state index in [2.05, 4.69) is 20.2 Å². The van der Waals surface area contributed by atoms with E-state index in [9.17, 15) is 8.42 Å². The fourth-order valence-electron chi connectivity index (χ4n) is 2.33. The van der Waals surface area contributed by atoms with E-state index in [4.69, 9.17) is 11.6 Å². The lowest BCUT2D eigenvalue weighted by Gasteiger charge is -2.10. The van der Waals surface area contributed by atoms with Crippen molar-refractivity contribution in [2.45, 2.75) is 18.4 Å². The number of hydrogen-bond donors (Lipinski definition) is 2. The molecule has 0 atom stereocenters. The van der Waals surface area contributed by atoms with Crippen molar-refractivity contribution in [1.29, 1.82) is 0 Å². The zero-order valence-corrected chi connectivity index (χ0v) is 15.6. The van der Waals surface area contributed by atoms with Gasteiger partial charge in [0.05, 0.1) is 4.90 Å². The first-order valence-electron chi connectivity index (χ1n) is 7.84. The largest absolute Gasteiger partial charge is 0.365 e. The monoisotopic (exact) mass is 388 g/mol. The topological polar surface area (TPSA) is 84.0 Å². The predicted octanol–water partition coefficient (Wildman–Crippen LogP) is 3.85. The fraction of sp³-hybridized carbons (Fsp3) is 0.111. The number of rotatable bonds is 6. The van der Waals surface area contributed by atoms with E-state index in [0.29, 0.717) is 22.9 Å². The summed E-state index contributed by atoms with van der Waals surface area (Å²) < 4.78 is 27.3. The van der Waals surface area contributed by atoms with Gasteiger partial charge in [-0.3, -0.25) is 4.72 Å². The first-order valence-corrected chi connectivity index (χ1v) is 9.71. The number of hydrogen-bond acceptors (Lipinski definition) is 5. The van der Waals surface area contributed by atoms with E-state index < -0.39 is 10.0 Å². The second-order valence-electron chi connectivity index (χ2n) is 5.65. The Balaban J connectivity index is 1.66. The third-order valence-electron chi connectivity index (χ3n) is 3.67. The van der Waals surface area contributed by atoms with E-state index in [1.54, 1.807) is 43.3 Å². The summed E-state index contributed by atoms with van der Waals surface area (Å²) in [6.45, 7) is 2.30. The molecule has 0 fully saturated rings. The third kappa shape index (κ3) is 4.50.